The van der Waals surface area contributed by atoms with Crippen molar-refractivity contribution in [1.29, 1.82) is 5.41 Å². The monoisotopic (exact) mass is 281 g/mol. The highest BCUT2D eigenvalue weighted by Gasteiger charge is 2.25. The van der Waals surface area contributed by atoms with E-state index in [0.29, 0.717) is 0 Å². The summed E-state index contributed by atoms with van der Waals surface area (Å²) in [7, 11) is 0. The van der Waals surface area contributed by atoms with Crippen LogP contribution in [0.15, 0.2) is 18.2 Å². The number of amidine groups is 1. The van der Waals surface area contributed by atoms with Crippen LogP contribution in [0.25, 0.3) is 0 Å². The first-order valence-corrected chi connectivity index (χ1v) is 4.78. The number of nitrogens with two attached hydrogens (primary N) is 2. The summed E-state index contributed by atoms with van der Waals surface area (Å²) in [4.78, 5) is 11.1. The largest absolute Gasteiger partial charge is 0.387 e. The van der Waals surface area contributed by atoms with Crippen molar-refractivity contribution in [2.75, 3.05) is 0 Å². The molecule has 0 aliphatic carbocycles. The molecule has 5 N–H and O–H groups in total. The van der Waals surface area contributed by atoms with E-state index in [0.717, 1.165) is 0 Å². The summed E-state index contributed by atoms with van der Waals surface area (Å²) < 4.78 is 0. The van der Waals surface area contributed by atoms with Gasteiger partial charge >= 0.3 is 0 Å². The minimum atomic E-state index is -1.08. The van der Waals surface area contributed by atoms with Gasteiger partial charge < -0.3 is 11.5 Å². The molecule has 0 aromatic heterocycles. The second-order valence-electron chi connectivity index (χ2n) is 2.93. The van der Waals surface area contributed by atoms with Gasteiger partial charge in [0, 0.05) is 15.6 Å². The Bertz CT molecular complexity index is 388. The first-order valence-electron chi connectivity index (χ1n) is 4.02. The minimum Gasteiger partial charge on any atom is -0.387 e. The Hall–Kier alpha value is -0.970. The standard InChI is InChI=1S/C9H9Cl2N3O.ClH/c10-4-2-1-3-5(11)6(4)7(8(12)13)9(14)15;/h1-3,7H,(H3,12,13)(H2,14,15);1H. The first kappa shape index (κ1) is 15.0. The fourth-order valence-corrected chi connectivity index (χ4v) is 1.85. The number of carbonyl (C=O) groups excluding carboxylic acids is 1. The average molecular weight is 283 g/mol. The molecule has 16 heavy (non-hydrogen) atoms. The molecule has 7 heteroatoms. The topological polar surface area (TPSA) is 93.0 Å². The molecule has 1 aromatic rings. The maximum atomic E-state index is 11.1. The fraction of sp³-hybridized carbons (Fsp3) is 0.111. The van der Waals surface area contributed by atoms with E-state index in [1.807, 2.05) is 0 Å². The zero-order chi connectivity index (χ0) is 11.6. The third-order valence-corrected chi connectivity index (χ3v) is 2.54. The van der Waals surface area contributed by atoms with Crippen molar-refractivity contribution in [1.82, 2.24) is 0 Å². The Balaban J connectivity index is 0.00000225. The number of carbonyl (C=O) groups is 1. The number of nitrogens with one attached hydrogen (secondary N) is 1. The van der Waals surface area contributed by atoms with Gasteiger partial charge in [-0.05, 0) is 12.1 Å². The van der Waals surface area contributed by atoms with Gasteiger partial charge in [-0.2, -0.15) is 0 Å². The molecule has 0 saturated carbocycles. The zero-order valence-electron chi connectivity index (χ0n) is 8.04. The van der Waals surface area contributed by atoms with Gasteiger partial charge in [0.25, 0.3) is 0 Å². The van der Waals surface area contributed by atoms with Crippen molar-refractivity contribution in [2.45, 2.75) is 5.92 Å². The van der Waals surface area contributed by atoms with Crippen molar-refractivity contribution >= 4 is 47.4 Å². The number of benzene rings is 1. The number of hydrogen-bond donors (Lipinski definition) is 3. The Kier molecular flexibility index (Phi) is 5.58. The Morgan fingerprint density at radius 3 is 2.00 bits per heavy atom. The summed E-state index contributed by atoms with van der Waals surface area (Å²) in [6.45, 7) is 0. The van der Waals surface area contributed by atoms with Gasteiger partial charge in [0.15, 0.2) is 0 Å². The average Bonchev–Trinajstić information content (AvgIpc) is 2.09. The number of amides is 1. The summed E-state index contributed by atoms with van der Waals surface area (Å²) in [6.07, 6.45) is 0. The summed E-state index contributed by atoms with van der Waals surface area (Å²) in [5, 5.41) is 7.80. The van der Waals surface area contributed by atoms with Crippen LogP contribution >= 0.6 is 35.6 Å². The van der Waals surface area contributed by atoms with E-state index in [4.69, 9.17) is 40.1 Å². The van der Waals surface area contributed by atoms with E-state index in [9.17, 15) is 4.79 Å². The van der Waals surface area contributed by atoms with E-state index in [1.54, 1.807) is 18.2 Å². The molecular weight excluding hydrogens is 272 g/mol. The molecule has 0 aliphatic heterocycles. The molecule has 1 unspecified atom stereocenters. The lowest BCUT2D eigenvalue weighted by molar-refractivity contribution is -0.118. The van der Waals surface area contributed by atoms with Gasteiger partial charge in [0.05, 0.1) is 0 Å². The predicted octanol–water partition coefficient (Wildman–Crippen LogP) is 1.92. The van der Waals surface area contributed by atoms with Crippen LogP contribution in [0, 0.1) is 5.41 Å². The van der Waals surface area contributed by atoms with E-state index < -0.39 is 11.8 Å². The van der Waals surface area contributed by atoms with Crippen molar-refractivity contribution in [3.63, 3.8) is 0 Å². The van der Waals surface area contributed by atoms with Crippen LogP contribution in [0.4, 0.5) is 0 Å². The molecule has 0 spiro atoms. The molecule has 0 bridgehead atoms. The third-order valence-electron chi connectivity index (χ3n) is 1.88. The van der Waals surface area contributed by atoms with Crippen molar-refractivity contribution in [3.05, 3.63) is 33.8 Å². The van der Waals surface area contributed by atoms with E-state index in [2.05, 4.69) is 0 Å². The maximum Gasteiger partial charge on any atom is 0.232 e. The lowest BCUT2D eigenvalue weighted by Crippen LogP contribution is -2.33. The smallest absolute Gasteiger partial charge is 0.232 e. The number of primary amides is 1. The number of hydrogen-bond acceptors (Lipinski definition) is 2. The minimum absolute atomic E-state index is 0. The number of rotatable bonds is 3. The Labute approximate surface area is 109 Å². The molecule has 4 nitrogen and oxygen atoms in total. The van der Waals surface area contributed by atoms with Crippen LogP contribution < -0.4 is 11.5 Å². The van der Waals surface area contributed by atoms with Crippen LogP contribution in [0.2, 0.25) is 10.0 Å². The molecule has 1 rings (SSSR count). The lowest BCUT2D eigenvalue weighted by atomic mass is 9.97. The van der Waals surface area contributed by atoms with Gasteiger partial charge in [0.2, 0.25) is 5.91 Å². The molecule has 0 heterocycles. The summed E-state index contributed by atoms with van der Waals surface area (Å²) in [6, 6.07) is 4.75. The molecule has 0 radical (unpaired) electrons. The van der Waals surface area contributed by atoms with Gasteiger partial charge in [0.1, 0.15) is 11.8 Å². The van der Waals surface area contributed by atoms with Crippen LogP contribution in [0.1, 0.15) is 11.5 Å². The van der Waals surface area contributed by atoms with Crippen molar-refractivity contribution in [3.8, 4) is 0 Å². The van der Waals surface area contributed by atoms with Crippen LogP contribution in [0.5, 0.6) is 0 Å². The van der Waals surface area contributed by atoms with Gasteiger partial charge in [-0.3, -0.25) is 10.2 Å². The van der Waals surface area contributed by atoms with E-state index in [1.165, 1.54) is 0 Å². The van der Waals surface area contributed by atoms with E-state index >= 15 is 0 Å². The maximum absolute atomic E-state index is 11.1. The highest BCUT2D eigenvalue weighted by atomic mass is 35.5. The van der Waals surface area contributed by atoms with Gasteiger partial charge in [-0.1, -0.05) is 29.3 Å². The highest BCUT2D eigenvalue weighted by Crippen LogP contribution is 2.31. The third kappa shape index (κ3) is 3.01. The Morgan fingerprint density at radius 2 is 1.69 bits per heavy atom. The Morgan fingerprint density at radius 1 is 1.25 bits per heavy atom. The molecule has 88 valence electrons. The summed E-state index contributed by atoms with van der Waals surface area (Å²) in [5.41, 5.74) is 10.7. The van der Waals surface area contributed by atoms with E-state index in [-0.39, 0.29) is 33.9 Å². The van der Waals surface area contributed by atoms with Crippen LogP contribution in [0.3, 0.4) is 0 Å². The predicted molar refractivity (Wildman–Crippen MR) is 67.6 cm³/mol. The zero-order valence-corrected chi connectivity index (χ0v) is 10.4. The van der Waals surface area contributed by atoms with Crippen molar-refractivity contribution in [2.24, 2.45) is 11.5 Å². The SMILES string of the molecule is Cl.N=C(N)C(C(N)=O)c1c(Cl)cccc1Cl. The van der Waals surface area contributed by atoms with Gasteiger partial charge in [-0.25, -0.2) is 0 Å². The van der Waals surface area contributed by atoms with Crippen LogP contribution in [-0.2, 0) is 4.79 Å². The normalized spacial score (nSPS) is 11.4. The molecule has 0 aliphatic rings. The summed E-state index contributed by atoms with van der Waals surface area (Å²) in [5.74, 6) is -2.21. The molecule has 0 fully saturated rings. The van der Waals surface area contributed by atoms with Crippen LogP contribution in [-0.4, -0.2) is 11.7 Å². The van der Waals surface area contributed by atoms with Crippen molar-refractivity contribution < 1.29 is 4.79 Å². The first-order chi connectivity index (χ1) is 6.95. The molecule has 1 aromatic carbocycles. The quantitative estimate of drug-likeness (QED) is 0.583. The molecule has 0 saturated heterocycles. The van der Waals surface area contributed by atoms with Gasteiger partial charge in [-0.15, -0.1) is 12.4 Å². The second kappa shape index (κ2) is 5.94. The lowest BCUT2D eigenvalue weighted by Gasteiger charge is -2.14. The molecule has 1 atom stereocenters. The second-order valence-corrected chi connectivity index (χ2v) is 3.74. The fourth-order valence-electron chi connectivity index (χ4n) is 1.24. The highest BCUT2D eigenvalue weighted by molar-refractivity contribution is 6.37. The molecule has 1 amide bonds. The summed E-state index contributed by atoms with van der Waals surface area (Å²) >= 11 is 11.7. The number of halogens is 3. The molecular formula is C9H10Cl3N3O.